The van der Waals surface area contributed by atoms with Crippen molar-refractivity contribution in [1.29, 1.82) is 0 Å². The number of aromatic nitrogens is 2. The molecule has 8 heteroatoms. The summed E-state index contributed by atoms with van der Waals surface area (Å²) in [5.41, 5.74) is 2.46. The summed E-state index contributed by atoms with van der Waals surface area (Å²) in [6, 6.07) is 5.71. The topological polar surface area (TPSA) is 88.4 Å². The number of amides is 2. The third-order valence-corrected chi connectivity index (χ3v) is 6.52. The van der Waals surface area contributed by atoms with E-state index in [9.17, 15) is 14.4 Å². The van der Waals surface area contributed by atoms with Crippen LogP contribution in [0.15, 0.2) is 23.0 Å². The molecule has 0 spiro atoms. The van der Waals surface area contributed by atoms with E-state index in [1.165, 1.54) is 12.8 Å². The van der Waals surface area contributed by atoms with Gasteiger partial charge in [-0.15, -0.1) is 0 Å². The minimum absolute atomic E-state index is 0.213. The molecule has 28 heavy (non-hydrogen) atoms. The van der Waals surface area contributed by atoms with Gasteiger partial charge >= 0.3 is 5.69 Å². The number of nitrogens with one attached hydrogen (secondary N) is 2. The molecule has 3 atom stereocenters. The van der Waals surface area contributed by atoms with Crippen LogP contribution in [0.4, 0.5) is 5.69 Å². The molecule has 1 aromatic heterocycles. The number of imide groups is 1. The van der Waals surface area contributed by atoms with Crippen LogP contribution in [0.2, 0.25) is 0 Å². The van der Waals surface area contributed by atoms with Crippen molar-refractivity contribution < 1.29 is 9.59 Å². The largest absolute Gasteiger partial charge is 0.365 e. The van der Waals surface area contributed by atoms with E-state index in [2.05, 4.69) is 21.6 Å². The predicted molar refractivity (Wildman–Crippen MR) is 105 cm³/mol. The number of anilines is 1. The fraction of sp³-hybridized carbons (Fsp3) is 0.550. The zero-order valence-electron chi connectivity index (χ0n) is 16.0. The van der Waals surface area contributed by atoms with Gasteiger partial charge in [0.15, 0.2) is 0 Å². The van der Waals surface area contributed by atoms with Crippen LogP contribution in [0.5, 0.6) is 0 Å². The second kappa shape index (κ2) is 6.48. The number of benzene rings is 1. The molecule has 8 nitrogen and oxygen atoms in total. The van der Waals surface area contributed by atoms with E-state index in [4.69, 9.17) is 0 Å². The van der Waals surface area contributed by atoms with Gasteiger partial charge in [-0.25, -0.2) is 4.79 Å². The van der Waals surface area contributed by atoms with E-state index in [1.54, 1.807) is 16.2 Å². The smallest absolute Gasteiger partial charge is 0.329 e. The van der Waals surface area contributed by atoms with Crippen molar-refractivity contribution in [2.75, 3.05) is 24.5 Å². The van der Waals surface area contributed by atoms with Crippen LogP contribution in [-0.4, -0.2) is 46.6 Å². The first-order chi connectivity index (χ1) is 13.5. The van der Waals surface area contributed by atoms with Crippen LogP contribution in [0.25, 0.3) is 11.0 Å². The summed E-state index contributed by atoms with van der Waals surface area (Å²) in [6.45, 7) is 3.03. The van der Waals surface area contributed by atoms with Crippen LogP contribution in [-0.2, 0) is 16.6 Å². The molecular formula is C20H25N5O3. The molecule has 3 aliphatic heterocycles. The first-order valence-corrected chi connectivity index (χ1v) is 10.1. The molecule has 0 radical (unpaired) electrons. The number of rotatable bonds is 2. The fourth-order valence-corrected chi connectivity index (χ4v) is 5.17. The van der Waals surface area contributed by atoms with Crippen LogP contribution in [0.1, 0.15) is 31.7 Å². The highest BCUT2D eigenvalue weighted by Gasteiger charge is 2.36. The Morgan fingerprint density at radius 1 is 1.14 bits per heavy atom. The number of fused-ring (bicyclic) bond motifs is 3. The lowest BCUT2D eigenvalue weighted by Gasteiger charge is -2.29. The average Bonchev–Trinajstić information content (AvgIpc) is 3.06. The lowest BCUT2D eigenvalue weighted by Crippen LogP contribution is -2.44. The Hall–Kier alpha value is -2.61. The van der Waals surface area contributed by atoms with Crippen molar-refractivity contribution in [2.24, 2.45) is 13.0 Å². The molecule has 4 heterocycles. The molecule has 3 unspecified atom stereocenters. The standard InChI is InChI=1S/C20H25N5O3/c1-23-18-14(24-11-12-7-8-21-10-13(24)9-12)3-2-4-15(18)25(20(23)28)16-5-6-17(26)22-19(16)27/h2-4,12-13,16,21H,5-11H2,1H3,(H,22,26,27). The molecule has 2 aromatic rings. The van der Waals surface area contributed by atoms with Crippen LogP contribution in [0, 0.1) is 5.92 Å². The molecule has 3 aliphatic rings. The van der Waals surface area contributed by atoms with Gasteiger partial charge in [0.25, 0.3) is 0 Å². The molecule has 5 rings (SSSR count). The Morgan fingerprint density at radius 3 is 2.82 bits per heavy atom. The van der Waals surface area contributed by atoms with Crippen molar-refractivity contribution in [2.45, 2.75) is 37.8 Å². The number of aryl methyl sites for hydroxylation is 1. The summed E-state index contributed by atoms with van der Waals surface area (Å²) in [4.78, 5) is 39.5. The Bertz CT molecular complexity index is 1020. The fourth-order valence-electron chi connectivity index (χ4n) is 5.17. The van der Waals surface area contributed by atoms with Crippen molar-refractivity contribution in [3.8, 4) is 0 Å². The zero-order valence-corrected chi connectivity index (χ0v) is 16.0. The second-order valence-corrected chi connectivity index (χ2v) is 8.22. The third kappa shape index (κ3) is 2.58. The summed E-state index contributed by atoms with van der Waals surface area (Å²) in [7, 11) is 1.77. The summed E-state index contributed by atoms with van der Waals surface area (Å²) in [5.74, 6) is 0.00149. The molecule has 1 aromatic carbocycles. The Labute approximate surface area is 162 Å². The lowest BCUT2D eigenvalue weighted by atomic mass is 10.0. The van der Waals surface area contributed by atoms with Crippen molar-refractivity contribution >= 4 is 28.5 Å². The van der Waals surface area contributed by atoms with E-state index >= 15 is 0 Å². The molecule has 2 bridgehead atoms. The molecular weight excluding hydrogens is 358 g/mol. The molecule has 148 valence electrons. The molecule has 2 amide bonds. The number of carbonyl (C=O) groups excluding carboxylic acids is 2. The van der Waals surface area contributed by atoms with E-state index in [0.717, 1.165) is 36.4 Å². The maximum absolute atomic E-state index is 13.1. The molecule has 0 saturated carbocycles. The van der Waals surface area contributed by atoms with Crippen LogP contribution >= 0.6 is 0 Å². The first-order valence-electron chi connectivity index (χ1n) is 10.1. The number of carbonyl (C=O) groups is 2. The number of para-hydroxylation sites is 1. The van der Waals surface area contributed by atoms with Gasteiger partial charge in [-0.2, -0.15) is 0 Å². The van der Waals surface area contributed by atoms with Gasteiger partial charge < -0.3 is 10.2 Å². The van der Waals surface area contributed by atoms with Gasteiger partial charge in [-0.05, 0) is 43.9 Å². The van der Waals surface area contributed by atoms with Crippen LogP contribution in [0.3, 0.4) is 0 Å². The summed E-state index contributed by atoms with van der Waals surface area (Å²) < 4.78 is 3.21. The quantitative estimate of drug-likeness (QED) is 0.738. The summed E-state index contributed by atoms with van der Waals surface area (Å²) in [6.07, 6.45) is 2.96. The van der Waals surface area contributed by atoms with E-state index < -0.39 is 11.9 Å². The lowest BCUT2D eigenvalue weighted by molar-refractivity contribution is -0.135. The predicted octanol–water partition coefficient (Wildman–Crippen LogP) is 0.506. The number of hydrogen-bond acceptors (Lipinski definition) is 5. The molecule has 0 aliphatic carbocycles. The normalized spacial score (nSPS) is 27.9. The SMILES string of the molecule is Cn1c(=O)n(C2CCC(=O)NC2=O)c2cccc(N3CC4CCNCC3C4)c21. The maximum Gasteiger partial charge on any atom is 0.329 e. The average molecular weight is 383 g/mol. The summed E-state index contributed by atoms with van der Waals surface area (Å²) in [5, 5.41) is 5.89. The highest BCUT2D eigenvalue weighted by atomic mass is 16.2. The molecule has 3 saturated heterocycles. The Kier molecular flexibility index (Phi) is 4.04. The minimum Gasteiger partial charge on any atom is -0.365 e. The van der Waals surface area contributed by atoms with E-state index in [1.807, 2.05) is 12.1 Å². The van der Waals surface area contributed by atoms with Gasteiger partial charge in [-0.1, -0.05) is 6.07 Å². The van der Waals surface area contributed by atoms with Gasteiger partial charge in [-0.3, -0.25) is 24.0 Å². The number of imidazole rings is 1. The number of piperidine rings is 1. The maximum atomic E-state index is 13.1. The Balaban J connectivity index is 1.63. The van der Waals surface area contributed by atoms with Gasteiger partial charge in [0.1, 0.15) is 6.04 Å². The Morgan fingerprint density at radius 2 is 2.00 bits per heavy atom. The van der Waals surface area contributed by atoms with Crippen LogP contribution < -0.4 is 21.2 Å². The number of nitrogens with zero attached hydrogens (tertiary/aromatic N) is 3. The minimum atomic E-state index is -0.646. The number of hydrogen-bond donors (Lipinski definition) is 2. The third-order valence-electron chi connectivity index (χ3n) is 6.52. The summed E-state index contributed by atoms with van der Waals surface area (Å²) >= 11 is 0. The monoisotopic (exact) mass is 383 g/mol. The molecule has 2 N–H and O–H groups in total. The van der Waals surface area contributed by atoms with Gasteiger partial charge in [0.2, 0.25) is 11.8 Å². The van der Waals surface area contributed by atoms with Crippen molar-refractivity contribution in [3.63, 3.8) is 0 Å². The first kappa shape index (κ1) is 17.5. The van der Waals surface area contributed by atoms with Crippen molar-refractivity contribution in [3.05, 3.63) is 28.7 Å². The van der Waals surface area contributed by atoms with Gasteiger partial charge in [0.05, 0.1) is 16.7 Å². The molecule has 3 fully saturated rings. The van der Waals surface area contributed by atoms with E-state index in [-0.39, 0.29) is 18.0 Å². The second-order valence-electron chi connectivity index (χ2n) is 8.22. The highest BCUT2D eigenvalue weighted by Crippen LogP contribution is 2.36. The highest BCUT2D eigenvalue weighted by molar-refractivity contribution is 6.00. The van der Waals surface area contributed by atoms with Gasteiger partial charge in [0, 0.05) is 32.6 Å². The zero-order chi connectivity index (χ0) is 19.4. The van der Waals surface area contributed by atoms with E-state index in [0.29, 0.717) is 18.4 Å². The van der Waals surface area contributed by atoms with Crippen molar-refractivity contribution in [1.82, 2.24) is 19.8 Å².